The van der Waals surface area contributed by atoms with Crippen molar-refractivity contribution >= 4 is 17.4 Å². The first-order chi connectivity index (χ1) is 10.2. The first kappa shape index (κ1) is 13.6. The minimum atomic E-state index is 0.355. The topological polar surface area (TPSA) is 77.8 Å². The average molecular weight is 298 g/mol. The van der Waals surface area contributed by atoms with E-state index in [1.807, 2.05) is 6.07 Å². The molecule has 1 aromatic carbocycles. The molecule has 0 unspecified atom stereocenters. The summed E-state index contributed by atoms with van der Waals surface area (Å²) >= 11 is 1.66. The van der Waals surface area contributed by atoms with Gasteiger partial charge in [0, 0.05) is 11.1 Å². The number of aromatic nitrogens is 3. The number of pyridine rings is 1. The van der Waals surface area contributed by atoms with Gasteiger partial charge in [-0.05, 0) is 31.2 Å². The zero-order valence-corrected chi connectivity index (χ0v) is 12.3. The van der Waals surface area contributed by atoms with Crippen molar-refractivity contribution < 1.29 is 4.52 Å². The number of benzene rings is 1. The van der Waals surface area contributed by atoms with Gasteiger partial charge in [0.05, 0.1) is 11.4 Å². The first-order valence-electron chi connectivity index (χ1n) is 6.45. The Kier molecular flexibility index (Phi) is 3.87. The van der Waals surface area contributed by atoms with Gasteiger partial charge in [-0.1, -0.05) is 22.9 Å². The van der Waals surface area contributed by atoms with Crippen LogP contribution in [-0.2, 0) is 5.75 Å². The Hall–Kier alpha value is -2.34. The molecular formula is C15H14N4OS. The van der Waals surface area contributed by atoms with E-state index in [1.165, 1.54) is 10.5 Å². The summed E-state index contributed by atoms with van der Waals surface area (Å²) in [5.74, 6) is 1.62. The van der Waals surface area contributed by atoms with Crippen LogP contribution in [0.4, 0.5) is 5.69 Å². The van der Waals surface area contributed by atoms with Gasteiger partial charge in [0.25, 0.3) is 5.89 Å². The zero-order chi connectivity index (χ0) is 14.7. The van der Waals surface area contributed by atoms with E-state index in [2.05, 4.69) is 40.2 Å². The minimum Gasteiger partial charge on any atom is -0.397 e. The molecule has 21 heavy (non-hydrogen) atoms. The molecule has 2 heterocycles. The predicted molar refractivity (Wildman–Crippen MR) is 82.7 cm³/mol. The van der Waals surface area contributed by atoms with E-state index in [-0.39, 0.29) is 0 Å². The summed E-state index contributed by atoms with van der Waals surface area (Å²) in [7, 11) is 0. The van der Waals surface area contributed by atoms with E-state index in [0.29, 0.717) is 28.8 Å². The average Bonchev–Trinajstić information content (AvgIpc) is 2.94. The van der Waals surface area contributed by atoms with Gasteiger partial charge in [-0.3, -0.25) is 0 Å². The summed E-state index contributed by atoms with van der Waals surface area (Å²) in [6.07, 6.45) is 1.65. The highest BCUT2D eigenvalue weighted by atomic mass is 32.2. The fraction of sp³-hybridized carbons (Fsp3) is 0.133. The van der Waals surface area contributed by atoms with E-state index in [1.54, 1.807) is 30.1 Å². The number of hydrogen-bond donors (Lipinski definition) is 1. The van der Waals surface area contributed by atoms with E-state index in [9.17, 15) is 0 Å². The molecule has 0 bridgehead atoms. The van der Waals surface area contributed by atoms with Crippen LogP contribution in [0.15, 0.2) is 52.0 Å². The van der Waals surface area contributed by atoms with Gasteiger partial charge < -0.3 is 10.3 Å². The largest absolute Gasteiger partial charge is 0.397 e. The van der Waals surface area contributed by atoms with Crippen LogP contribution in [0.5, 0.6) is 0 Å². The molecule has 0 spiro atoms. The molecule has 0 aliphatic rings. The third kappa shape index (κ3) is 3.22. The van der Waals surface area contributed by atoms with E-state index in [4.69, 9.17) is 10.3 Å². The van der Waals surface area contributed by atoms with Crippen LogP contribution in [0.2, 0.25) is 0 Å². The molecule has 5 nitrogen and oxygen atoms in total. The van der Waals surface area contributed by atoms with Gasteiger partial charge in [0.1, 0.15) is 0 Å². The fourth-order valence-corrected chi connectivity index (χ4v) is 2.72. The summed E-state index contributed by atoms with van der Waals surface area (Å²) < 4.78 is 5.23. The lowest BCUT2D eigenvalue weighted by Gasteiger charge is -1.99. The molecule has 0 atom stereocenters. The number of nitrogens with two attached hydrogens (primary N) is 1. The molecule has 0 amide bonds. The fourth-order valence-electron chi connectivity index (χ4n) is 1.86. The highest BCUT2D eigenvalue weighted by molar-refractivity contribution is 7.98. The van der Waals surface area contributed by atoms with Crippen LogP contribution in [0.3, 0.4) is 0 Å². The van der Waals surface area contributed by atoms with Crippen molar-refractivity contribution in [2.75, 3.05) is 5.73 Å². The maximum absolute atomic E-state index is 5.85. The summed E-state index contributed by atoms with van der Waals surface area (Å²) in [5, 5.41) is 3.97. The number of rotatable bonds is 4. The van der Waals surface area contributed by atoms with Gasteiger partial charge in [0.15, 0.2) is 11.5 Å². The summed E-state index contributed by atoms with van der Waals surface area (Å²) in [5.41, 5.74) is 8.13. The van der Waals surface area contributed by atoms with Gasteiger partial charge in [-0.15, -0.1) is 11.8 Å². The monoisotopic (exact) mass is 298 g/mol. The number of thioether (sulfide) groups is 1. The van der Waals surface area contributed by atoms with Crippen molar-refractivity contribution in [2.24, 2.45) is 0 Å². The Labute approximate surface area is 126 Å². The number of hydrogen-bond acceptors (Lipinski definition) is 6. The van der Waals surface area contributed by atoms with Crippen LogP contribution in [0, 0.1) is 6.92 Å². The highest BCUT2D eigenvalue weighted by Gasteiger charge is 2.12. The summed E-state index contributed by atoms with van der Waals surface area (Å²) in [4.78, 5) is 9.68. The van der Waals surface area contributed by atoms with Crippen LogP contribution in [0.25, 0.3) is 11.6 Å². The van der Waals surface area contributed by atoms with Gasteiger partial charge in [0.2, 0.25) is 0 Å². The van der Waals surface area contributed by atoms with Crippen molar-refractivity contribution in [3.05, 3.63) is 54.0 Å². The zero-order valence-electron chi connectivity index (χ0n) is 11.5. The summed E-state index contributed by atoms with van der Waals surface area (Å²) in [6, 6.07) is 11.8. The van der Waals surface area contributed by atoms with Crippen LogP contribution >= 0.6 is 11.8 Å². The lowest BCUT2D eigenvalue weighted by atomic mass is 10.2. The quantitative estimate of drug-likeness (QED) is 0.744. The Bertz CT molecular complexity index is 757. The molecule has 2 aromatic heterocycles. The number of aryl methyl sites for hydroxylation is 1. The normalized spacial score (nSPS) is 10.7. The van der Waals surface area contributed by atoms with Crippen LogP contribution in [-0.4, -0.2) is 15.1 Å². The standard InChI is InChI=1S/C15H14N4OS/c1-10-4-2-5-11(8-10)21-9-13-18-15(20-19-13)14-12(16)6-3-7-17-14/h2-8H,9,16H2,1H3. The Morgan fingerprint density at radius 1 is 1.24 bits per heavy atom. The van der Waals surface area contributed by atoms with E-state index >= 15 is 0 Å². The number of anilines is 1. The van der Waals surface area contributed by atoms with E-state index < -0.39 is 0 Å². The number of nitrogens with zero attached hydrogens (tertiary/aromatic N) is 3. The molecule has 0 saturated heterocycles. The molecule has 106 valence electrons. The molecule has 0 saturated carbocycles. The second-order valence-electron chi connectivity index (χ2n) is 4.56. The molecule has 0 radical (unpaired) electrons. The summed E-state index contributed by atoms with van der Waals surface area (Å²) in [6.45, 7) is 2.07. The van der Waals surface area contributed by atoms with E-state index in [0.717, 1.165) is 0 Å². The van der Waals surface area contributed by atoms with Gasteiger partial charge >= 0.3 is 0 Å². The Morgan fingerprint density at radius 3 is 2.95 bits per heavy atom. The molecule has 3 aromatic rings. The molecule has 0 aliphatic heterocycles. The molecule has 2 N–H and O–H groups in total. The Morgan fingerprint density at radius 2 is 2.14 bits per heavy atom. The van der Waals surface area contributed by atoms with Crippen molar-refractivity contribution in [3.63, 3.8) is 0 Å². The van der Waals surface area contributed by atoms with Crippen LogP contribution < -0.4 is 5.73 Å². The molecule has 0 aliphatic carbocycles. The lowest BCUT2D eigenvalue weighted by Crippen LogP contribution is -1.92. The maximum atomic E-state index is 5.85. The van der Waals surface area contributed by atoms with Gasteiger partial charge in [-0.25, -0.2) is 4.98 Å². The lowest BCUT2D eigenvalue weighted by molar-refractivity contribution is 0.424. The second-order valence-corrected chi connectivity index (χ2v) is 5.61. The van der Waals surface area contributed by atoms with Crippen molar-refractivity contribution in [1.82, 2.24) is 15.1 Å². The minimum absolute atomic E-state index is 0.355. The molecule has 3 rings (SSSR count). The third-order valence-electron chi connectivity index (χ3n) is 2.87. The molecule has 6 heteroatoms. The Balaban J connectivity index is 1.72. The molecule has 0 fully saturated rings. The molecular weight excluding hydrogens is 284 g/mol. The maximum Gasteiger partial charge on any atom is 0.278 e. The predicted octanol–water partition coefficient (Wildman–Crippen LogP) is 3.31. The smallest absolute Gasteiger partial charge is 0.278 e. The van der Waals surface area contributed by atoms with Crippen molar-refractivity contribution in [3.8, 4) is 11.6 Å². The van der Waals surface area contributed by atoms with Crippen molar-refractivity contribution in [1.29, 1.82) is 0 Å². The highest BCUT2D eigenvalue weighted by Crippen LogP contribution is 2.25. The number of nitrogen functional groups attached to an aromatic ring is 1. The third-order valence-corrected chi connectivity index (χ3v) is 3.86. The first-order valence-corrected chi connectivity index (χ1v) is 7.44. The van der Waals surface area contributed by atoms with Crippen LogP contribution in [0.1, 0.15) is 11.4 Å². The van der Waals surface area contributed by atoms with Gasteiger partial charge in [-0.2, -0.15) is 4.98 Å². The second kappa shape index (κ2) is 5.97. The van der Waals surface area contributed by atoms with Crippen molar-refractivity contribution in [2.45, 2.75) is 17.6 Å². The SMILES string of the molecule is Cc1cccc(SCc2noc(-c3ncccc3N)n2)c1.